The van der Waals surface area contributed by atoms with Gasteiger partial charge in [-0.05, 0) is 12.1 Å². The quantitative estimate of drug-likeness (QED) is 0.551. The number of aromatic nitrogens is 1. The molecule has 0 saturated heterocycles. The Hall–Kier alpha value is -1.49. The number of nitrogens with two attached hydrogens (primary N) is 1. The van der Waals surface area contributed by atoms with Crippen molar-refractivity contribution in [2.75, 3.05) is 7.11 Å². The largest absolute Gasteiger partial charge is 0.465 e. The van der Waals surface area contributed by atoms with Crippen LogP contribution in [0.15, 0.2) is 18.3 Å². The van der Waals surface area contributed by atoms with E-state index in [1.165, 1.54) is 25.4 Å². The number of pyridine rings is 1. The third-order valence-electron chi connectivity index (χ3n) is 1.43. The number of nitrogens with zero attached hydrogens (tertiary/aromatic N) is 1. The molecular weight excluding hydrogens is 188 g/mol. The minimum Gasteiger partial charge on any atom is -0.465 e. The summed E-state index contributed by atoms with van der Waals surface area (Å²) >= 11 is 4.71. The third kappa shape index (κ3) is 2.22. The lowest BCUT2D eigenvalue weighted by molar-refractivity contribution is 0.0600. The van der Waals surface area contributed by atoms with Gasteiger partial charge in [-0.2, -0.15) is 0 Å². The van der Waals surface area contributed by atoms with Gasteiger partial charge in [-0.3, -0.25) is 4.98 Å². The molecule has 0 bridgehead atoms. The average molecular weight is 196 g/mol. The second-order valence-electron chi connectivity index (χ2n) is 2.29. The highest BCUT2D eigenvalue weighted by Crippen LogP contribution is 2.03. The Balaban J connectivity index is 3.05. The van der Waals surface area contributed by atoms with E-state index in [9.17, 15) is 4.79 Å². The third-order valence-corrected chi connectivity index (χ3v) is 1.64. The van der Waals surface area contributed by atoms with Gasteiger partial charge in [-0.25, -0.2) is 4.79 Å². The van der Waals surface area contributed by atoms with Gasteiger partial charge in [0.15, 0.2) is 0 Å². The summed E-state index contributed by atoms with van der Waals surface area (Å²) in [6, 6.07) is 3.03. The average Bonchev–Trinajstić information content (AvgIpc) is 2.17. The molecule has 0 aliphatic heterocycles. The van der Waals surface area contributed by atoms with Gasteiger partial charge in [0, 0.05) is 6.20 Å². The molecule has 0 atom stereocenters. The van der Waals surface area contributed by atoms with Crippen LogP contribution < -0.4 is 5.73 Å². The van der Waals surface area contributed by atoms with Crippen molar-refractivity contribution in [3.8, 4) is 0 Å². The van der Waals surface area contributed by atoms with Crippen LogP contribution >= 0.6 is 12.2 Å². The zero-order valence-corrected chi connectivity index (χ0v) is 7.80. The standard InChI is InChI=1S/C8H8N2O2S/c1-12-8(11)5-2-3-10-6(4-5)7(9)13/h2-4H,1H3,(H2,9,13). The number of rotatable bonds is 2. The van der Waals surface area contributed by atoms with Crippen molar-refractivity contribution in [3.63, 3.8) is 0 Å². The summed E-state index contributed by atoms with van der Waals surface area (Å²) in [5.41, 5.74) is 6.14. The fraction of sp³-hybridized carbons (Fsp3) is 0.125. The molecule has 13 heavy (non-hydrogen) atoms. The summed E-state index contributed by atoms with van der Waals surface area (Å²) < 4.78 is 4.52. The highest BCUT2D eigenvalue weighted by molar-refractivity contribution is 7.80. The van der Waals surface area contributed by atoms with E-state index in [0.717, 1.165) is 0 Å². The fourth-order valence-electron chi connectivity index (χ4n) is 0.810. The number of carbonyl (C=O) groups is 1. The van der Waals surface area contributed by atoms with E-state index in [0.29, 0.717) is 11.3 Å². The second kappa shape index (κ2) is 3.95. The first-order valence-corrected chi connectivity index (χ1v) is 3.90. The van der Waals surface area contributed by atoms with Crippen molar-refractivity contribution < 1.29 is 9.53 Å². The van der Waals surface area contributed by atoms with Crippen LogP contribution in [-0.4, -0.2) is 23.1 Å². The van der Waals surface area contributed by atoms with Crippen LogP contribution in [0.1, 0.15) is 16.1 Å². The molecule has 1 heterocycles. The van der Waals surface area contributed by atoms with Gasteiger partial charge in [-0.1, -0.05) is 12.2 Å². The lowest BCUT2D eigenvalue weighted by Gasteiger charge is -2.00. The lowest BCUT2D eigenvalue weighted by Crippen LogP contribution is -2.13. The van der Waals surface area contributed by atoms with Crippen molar-refractivity contribution >= 4 is 23.2 Å². The Morgan fingerprint density at radius 1 is 1.69 bits per heavy atom. The number of ether oxygens (including phenoxy) is 1. The van der Waals surface area contributed by atoms with E-state index in [1.807, 2.05) is 0 Å². The maximum Gasteiger partial charge on any atom is 0.337 e. The zero-order chi connectivity index (χ0) is 9.84. The number of hydrogen-bond donors (Lipinski definition) is 1. The second-order valence-corrected chi connectivity index (χ2v) is 2.73. The first-order chi connectivity index (χ1) is 6.15. The smallest absolute Gasteiger partial charge is 0.337 e. The summed E-state index contributed by atoms with van der Waals surface area (Å²) in [6.45, 7) is 0. The van der Waals surface area contributed by atoms with E-state index in [2.05, 4.69) is 9.72 Å². The molecule has 0 aliphatic carbocycles. The molecule has 5 heteroatoms. The minimum atomic E-state index is -0.431. The number of carbonyl (C=O) groups excluding carboxylic acids is 1. The predicted octanol–water partition coefficient (Wildman–Crippen LogP) is 0.502. The van der Waals surface area contributed by atoms with E-state index in [-0.39, 0.29) is 4.99 Å². The lowest BCUT2D eigenvalue weighted by atomic mass is 10.2. The van der Waals surface area contributed by atoms with Crippen molar-refractivity contribution in [2.24, 2.45) is 5.73 Å². The number of esters is 1. The monoisotopic (exact) mass is 196 g/mol. The van der Waals surface area contributed by atoms with Crippen molar-refractivity contribution in [1.82, 2.24) is 4.98 Å². The summed E-state index contributed by atoms with van der Waals surface area (Å²) in [5, 5.41) is 0. The molecule has 0 fully saturated rings. The number of thiocarbonyl (C=S) groups is 1. The van der Waals surface area contributed by atoms with Crippen LogP contribution in [0.2, 0.25) is 0 Å². The molecule has 68 valence electrons. The van der Waals surface area contributed by atoms with Crippen LogP contribution in [0.3, 0.4) is 0 Å². The van der Waals surface area contributed by atoms with Crippen LogP contribution in [0.5, 0.6) is 0 Å². The van der Waals surface area contributed by atoms with Crippen LogP contribution in [0.4, 0.5) is 0 Å². The van der Waals surface area contributed by atoms with Gasteiger partial charge >= 0.3 is 5.97 Å². The molecule has 4 nitrogen and oxygen atoms in total. The van der Waals surface area contributed by atoms with Crippen molar-refractivity contribution in [1.29, 1.82) is 0 Å². The van der Waals surface area contributed by atoms with E-state index in [1.54, 1.807) is 0 Å². The highest BCUT2D eigenvalue weighted by Gasteiger charge is 2.06. The summed E-state index contributed by atoms with van der Waals surface area (Å²) in [4.78, 5) is 15.1. The van der Waals surface area contributed by atoms with Crippen molar-refractivity contribution in [2.45, 2.75) is 0 Å². The Kier molecular flexibility index (Phi) is 2.92. The molecule has 0 spiro atoms. The molecule has 0 aromatic carbocycles. The number of methoxy groups -OCH3 is 1. The molecule has 0 unspecified atom stereocenters. The van der Waals surface area contributed by atoms with E-state index in [4.69, 9.17) is 18.0 Å². The molecular formula is C8H8N2O2S. The van der Waals surface area contributed by atoms with Gasteiger partial charge in [-0.15, -0.1) is 0 Å². The molecule has 2 N–H and O–H groups in total. The van der Waals surface area contributed by atoms with Gasteiger partial charge in [0.2, 0.25) is 0 Å². The highest BCUT2D eigenvalue weighted by atomic mass is 32.1. The van der Waals surface area contributed by atoms with Gasteiger partial charge in [0.05, 0.1) is 18.4 Å². The van der Waals surface area contributed by atoms with Crippen LogP contribution in [0.25, 0.3) is 0 Å². The van der Waals surface area contributed by atoms with Gasteiger partial charge in [0.1, 0.15) is 4.99 Å². The molecule has 0 saturated carbocycles. The first-order valence-electron chi connectivity index (χ1n) is 3.49. The molecule has 0 radical (unpaired) electrons. The summed E-state index contributed by atoms with van der Waals surface area (Å²) in [5.74, 6) is -0.431. The summed E-state index contributed by atoms with van der Waals surface area (Å²) in [6.07, 6.45) is 1.46. The molecule has 1 rings (SSSR count). The Morgan fingerprint density at radius 3 is 2.92 bits per heavy atom. The number of hydrogen-bond acceptors (Lipinski definition) is 4. The normalized spacial score (nSPS) is 9.31. The maximum absolute atomic E-state index is 11.1. The fourth-order valence-corrected chi connectivity index (χ4v) is 0.922. The van der Waals surface area contributed by atoms with Gasteiger partial charge in [0.25, 0.3) is 0 Å². The van der Waals surface area contributed by atoms with Crippen molar-refractivity contribution in [3.05, 3.63) is 29.6 Å². The first kappa shape index (κ1) is 9.60. The Morgan fingerprint density at radius 2 is 2.38 bits per heavy atom. The maximum atomic E-state index is 11.1. The predicted molar refractivity (Wildman–Crippen MR) is 51.5 cm³/mol. The molecule has 0 aliphatic rings. The molecule has 1 aromatic heterocycles. The Bertz CT molecular complexity index is 352. The van der Waals surface area contributed by atoms with Crippen LogP contribution in [-0.2, 0) is 4.74 Å². The van der Waals surface area contributed by atoms with E-state index < -0.39 is 5.97 Å². The SMILES string of the molecule is COC(=O)c1ccnc(C(N)=S)c1. The molecule has 1 aromatic rings. The topological polar surface area (TPSA) is 65.2 Å². The molecule has 0 amide bonds. The summed E-state index contributed by atoms with van der Waals surface area (Å²) in [7, 11) is 1.31. The van der Waals surface area contributed by atoms with Gasteiger partial charge < -0.3 is 10.5 Å². The van der Waals surface area contributed by atoms with E-state index >= 15 is 0 Å². The Labute approximate surface area is 80.7 Å². The van der Waals surface area contributed by atoms with Crippen LogP contribution in [0, 0.1) is 0 Å². The minimum absolute atomic E-state index is 0.158. The zero-order valence-electron chi connectivity index (χ0n) is 6.98.